The first-order chi connectivity index (χ1) is 13.6. The lowest BCUT2D eigenvalue weighted by atomic mass is 9.75. The second-order valence-electron chi connectivity index (χ2n) is 6.95. The molecule has 1 unspecified atom stereocenters. The van der Waals surface area contributed by atoms with Crippen molar-refractivity contribution in [2.24, 2.45) is 0 Å². The second kappa shape index (κ2) is 7.11. The largest absolute Gasteiger partial charge is 0.504 e. The summed E-state index contributed by atoms with van der Waals surface area (Å²) < 4.78 is 16.4. The number of Topliss-reactive ketones (excluding diaryl/α,β-unsaturated/α-hetero) is 1. The van der Waals surface area contributed by atoms with Crippen LogP contribution in [0.3, 0.4) is 0 Å². The van der Waals surface area contributed by atoms with Gasteiger partial charge >= 0.3 is 0 Å². The van der Waals surface area contributed by atoms with E-state index in [-0.39, 0.29) is 17.5 Å². The maximum atomic E-state index is 12.9. The molecule has 0 spiro atoms. The number of methoxy groups -OCH3 is 3. The molecular formula is C22H23NO5. The highest BCUT2D eigenvalue weighted by Gasteiger charge is 2.37. The van der Waals surface area contributed by atoms with E-state index in [4.69, 9.17) is 14.2 Å². The molecule has 6 nitrogen and oxygen atoms in total. The summed E-state index contributed by atoms with van der Waals surface area (Å²) in [6.07, 6.45) is 2.17. The van der Waals surface area contributed by atoms with Gasteiger partial charge in [-0.2, -0.15) is 0 Å². The molecule has 0 fully saturated rings. The Morgan fingerprint density at radius 2 is 1.79 bits per heavy atom. The third-order valence-corrected chi connectivity index (χ3v) is 5.43. The Balaban J connectivity index is 1.99. The second-order valence-corrected chi connectivity index (χ2v) is 6.95. The Morgan fingerprint density at radius 3 is 2.50 bits per heavy atom. The van der Waals surface area contributed by atoms with E-state index in [1.165, 1.54) is 7.11 Å². The third kappa shape index (κ3) is 2.85. The molecule has 0 bridgehead atoms. The van der Waals surface area contributed by atoms with Crippen LogP contribution < -0.4 is 19.5 Å². The highest BCUT2D eigenvalue weighted by atomic mass is 16.5. The van der Waals surface area contributed by atoms with Crippen molar-refractivity contribution < 1.29 is 24.1 Å². The zero-order chi connectivity index (χ0) is 19.8. The number of aromatic hydroxyl groups is 1. The Bertz CT molecular complexity index is 979. The van der Waals surface area contributed by atoms with E-state index in [9.17, 15) is 9.90 Å². The minimum Gasteiger partial charge on any atom is -0.504 e. The molecule has 2 aromatic rings. The number of nitrogens with one attached hydrogen (secondary N) is 1. The van der Waals surface area contributed by atoms with Gasteiger partial charge in [-0.1, -0.05) is 6.07 Å². The van der Waals surface area contributed by atoms with Gasteiger partial charge in [0.2, 0.25) is 0 Å². The fourth-order valence-corrected chi connectivity index (χ4v) is 4.13. The van der Waals surface area contributed by atoms with Crippen LogP contribution in [0.15, 0.2) is 41.6 Å². The zero-order valence-corrected chi connectivity index (χ0v) is 16.2. The number of phenolic OH excluding ortho intramolecular Hbond substituents is 1. The van der Waals surface area contributed by atoms with E-state index in [0.29, 0.717) is 23.7 Å². The van der Waals surface area contributed by atoms with Crippen molar-refractivity contribution in [1.29, 1.82) is 0 Å². The van der Waals surface area contributed by atoms with Crippen LogP contribution in [0.5, 0.6) is 23.0 Å². The van der Waals surface area contributed by atoms with Crippen molar-refractivity contribution in [3.8, 4) is 23.0 Å². The number of fused-ring (bicyclic) bond motifs is 1. The fraction of sp³-hybridized carbons (Fsp3) is 0.318. The van der Waals surface area contributed by atoms with Crippen LogP contribution >= 0.6 is 0 Å². The van der Waals surface area contributed by atoms with Crippen LogP contribution in [-0.2, 0) is 4.79 Å². The quantitative estimate of drug-likeness (QED) is 0.834. The topological polar surface area (TPSA) is 77.0 Å². The summed E-state index contributed by atoms with van der Waals surface area (Å²) in [4.78, 5) is 12.9. The van der Waals surface area contributed by atoms with E-state index in [0.717, 1.165) is 40.9 Å². The predicted octanol–water partition coefficient (Wildman–Crippen LogP) is 3.98. The Hall–Kier alpha value is -3.15. The van der Waals surface area contributed by atoms with Gasteiger partial charge < -0.3 is 24.6 Å². The van der Waals surface area contributed by atoms with Crippen LogP contribution in [-0.4, -0.2) is 32.2 Å². The van der Waals surface area contributed by atoms with Crippen molar-refractivity contribution in [3.63, 3.8) is 0 Å². The van der Waals surface area contributed by atoms with Crippen molar-refractivity contribution in [2.45, 2.75) is 25.2 Å². The van der Waals surface area contributed by atoms with Crippen molar-refractivity contribution in [3.05, 3.63) is 52.7 Å². The number of ether oxygens (including phenoxy) is 3. The Morgan fingerprint density at radius 1 is 1.00 bits per heavy atom. The molecule has 1 aliphatic heterocycles. The van der Waals surface area contributed by atoms with Gasteiger partial charge in [0, 0.05) is 47.0 Å². The molecule has 0 aromatic heterocycles. The average Bonchev–Trinajstić information content (AvgIpc) is 2.72. The summed E-state index contributed by atoms with van der Waals surface area (Å²) in [5.74, 6) is 1.57. The number of carbonyl (C=O) groups excluding carboxylic acids is 1. The van der Waals surface area contributed by atoms with Gasteiger partial charge in [0.05, 0.1) is 21.3 Å². The maximum Gasteiger partial charge on any atom is 0.161 e. The Labute approximate surface area is 163 Å². The average molecular weight is 381 g/mol. The lowest BCUT2D eigenvalue weighted by Gasteiger charge is -2.35. The van der Waals surface area contributed by atoms with Gasteiger partial charge in [0.15, 0.2) is 17.3 Å². The number of rotatable bonds is 4. The van der Waals surface area contributed by atoms with Gasteiger partial charge in [-0.25, -0.2) is 0 Å². The summed E-state index contributed by atoms with van der Waals surface area (Å²) in [5, 5.41) is 13.5. The van der Waals surface area contributed by atoms with E-state index in [1.807, 2.05) is 18.2 Å². The number of carbonyl (C=O) groups is 1. The maximum absolute atomic E-state index is 12.9. The molecule has 2 N–H and O–H groups in total. The number of hydrogen-bond donors (Lipinski definition) is 2. The minimum absolute atomic E-state index is 0.0614. The number of ketones is 1. The standard InChI is InChI=1S/C22H23NO5/c1-26-13-10-15-22(19(11-13)28-3)20(12-7-8-16(24)18(9-12)27-2)21-14(23-15)5-4-6-17(21)25/h7-11,20,23-24H,4-6H2,1-3H3. The lowest BCUT2D eigenvalue weighted by Crippen LogP contribution is -2.27. The van der Waals surface area contributed by atoms with E-state index < -0.39 is 0 Å². The van der Waals surface area contributed by atoms with Gasteiger partial charge in [-0.3, -0.25) is 4.79 Å². The number of allylic oxidation sites excluding steroid dienone is 2. The molecular weight excluding hydrogens is 358 g/mol. The molecule has 0 saturated heterocycles. The highest BCUT2D eigenvalue weighted by Crippen LogP contribution is 2.51. The SMILES string of the molecule is COc1cc2c(c(OC)c1)C(c1ccc(O)c(OC)c1)C1=C(CCCC1=O)N2. The molecule has 0 saturated carbocycles. The van der Waals surface area contributed by atoms with Gasteiger partial charge in [0.1, 0.15) is 11.5 Å². The summed E-state index contributed by atoms with van der Waals surface area (Å²) in [5.41, 5.74) is 4.31. The number of hydrogen-bond acceptors (Lipinski definition) is 6. The summed E-state index contributed by atoms with van der Waals surface area (Å²) in [6.45, 7) is 0. The van der Waals surface area contributed by atoms with Crippen LogP contribution in [0, 0.1) is 0 Å². The van der Waals surface area contributed by atoms with Crippen LogP contribution in [0.2, 0.25) is 0 Å². The van der Waals surface area contributed by atoms with Gasteiger partial charge in [-0.15, -0.1) is 0 Å². The monoisotopic (exact) mass is 381 g/mol. The number of phenols is 1. The first-order valence-electron chi connectivity index (χ1n) is 9.23. The normalized spacial score (nSPS) is 18.1. The summed E-state index contributed by atoms with van der Waals surface area (Å²) in [7, 11) is 4.73. The minimum atomic E-state index is -0.311. The fourth-order valence-electron chi connectivity index (χ4n) is 4.13. The molecule has 4 rings (SSSR count). The van der Waals surface area contributed by atoms with Crippen LogP contribution in [0.1, 0.15) is 36.3 Å². The first kappa shape index (κ1) is 18.2. The van der Waals surface area contributed by atoms with Crippen molar-refractivity contribution >= 4 is 11.5 Å². The zero-order valence-electron chi connectivity index (χ0n) is 16.2. The molecule has 0 radical (unpaired) electrons. The number of anilines is 1. The van der Waals surface area contributed by atoms with Crippen molar-refractivity contribution in [1.82, 2.24) is 0 Å². The predicted molar refractivity (Wildman–Crippen MR) is 106 cm³/mol. The van der Waals surface area contributed by atoms with Crippen LogP contribution in [0.4, 0.5) is 5.69 Å². The first-order valence-corrected chi connectivity index (χ1v) is 9.23. The molecule has 2 aromatic carbocycles. The van der Waals surface area contributed by atoms with E-state index >= 15 is 0 Å². The Kier molecular flexibility index (Phi) is 4.63. The van der Waals surface area contributed by atoms with Crippen LogP contribution in [0.25, 0.3) is 0 Å². The van der Waals surface area contributed by atoms with Crippen molar-refractivity contribution in [2.75, 3.05) is 26.6 Å². The van der Waals surface area contributed by atoms with E-state index in [1.54, 1.807) is 26.4 Å². The molecule has 1 aliphatic carbocycles. The van der Waals surface area contributed by atoms with Gasteiger partial charge in [0.25, 0.3) is 0 Å². The van der Waals surface area contributed by atoms with E-state index in [2.05, 4.69) is 5.32 Å². The molecule has 28 heavy (non-hydrogen) atoms. The number of benzene rings is 2. The van der Waals surface area contributed by atoms with Gasteiger partial charge in [-0.05, 0) is 30.5 Å². The molecule has 1 atom stereocenters. The summed E-state index contributed by atoms with van der Waals surface area (Å²) >= 11 is 0. The molecule has 0 amide bonds. The molecule has 6 heteroatoms. The summed E-state index contributed by atoms with van der Waals surface area (Å²) in [6, 6.07) is 8.95. The molecule has 1 heterocycles. The smallest absolute Gasteiger partial charge is 0.161 e. The molecule has 2 aliphatic rings. The third-order valence-electron chi connectivity index (χ3n) is 5.43. The highest BCUT2D eigenvalue weighted by molar-refractivity contribution is 6.01. The lowest BCUT2D eigenvalue weighted by molar-refractivity contribution is -0.116. The molecule has 146 valence electrons.